The zero-order valence-electron chi connectivity index (χ0n) is 18.8. The molecule has 1 heterocycles. The molecule has 14 heteroatoms. The van der Waals surface area contributed by atoms with Crippen molar-refractivity contribution in [3.63, 3.8) is 0 Å². The molecule has 0 spiro atoms. The Labute approximate surface area is 196 Å². The Bertz CT molecular complexity index is 776. The summed E-state index contributed by atoms with van der Waals surface area (Å²) in [6, 6.07) is -5.13. The molecule has 192 valence electrons. The maximum absolute atomic E-state index is 13.0. The Morgan fingerprint density at radius 3 is 2.12 bits per heavy atom. The molecule has 0 aromatic rings. The average molecular weight is 488 g/mol. The first kappa shape index (κ1) is 28.8. The van der Waals surface area contributed by atoms with Crippen molar-refractivity contribution in [3.05, 3.63) is 0 Å². The number of likely N-dealkylation sites (tertiary alicyclic amines) is 1. The summed E-state index contributed by atoms with van der Waals surface area (Å²) >= 11 is 0. The third-order valence-corrected chi connectivity index (χ3v) is 5.40. The minimum Gasteiger partial charge on any atom is -0.481 e. The predicted octanol–water partition coefficient (Wildman–Crippen LogP) is -2.17. The second-order valence-electron chi connectivity index (χ2n) is 8.07. The summed E-state index contributed by atoms with van der Waals surface area (Å²) in [6.45, 7) is 0.520. The van der Waals surface area contributed by atoms with Crippen molar-refractivity contribution in [2.45, 2.75) is 75.5 Å². The Kier molecular flexibility index (Phi) is 11.9. The van der Waals surface area contributed by atoms with Gasteiger partial charge < -0.3 is 42.3 Å². The Morgan fingerprint density at radius 1 is 0.912 bits per heavy atom. The van der Waals surface area contributed by atoms with E-state index in [0.717, 1.165) is 4.90 Å². The summed E-state index contributed by atoms with van der Waals surface area (Å²) in [6.07, 6.45) is 0.389. The van der Waals surface area contributed by atoms with Crippen molar-refractivity contribution in [1.82, 2.24) is 15.5 Å². The molecule has 4 unspecified atom stereocenters. The molecule has 1 aliphatic rings. The van der Waals surface area contributed by atoms with E-state index in [4.69, 9.17) is 21.7 Å². The van der Waals surface area contributed by atoms with Gasteiger partial charge >= 0.3 is 17.9 Å². The van der Waals surface area contributed by atoms with Gasteiger partial charge in [0.2, 0.25) is 17.7 Å². The van der Waals surface area contributed by atoms with Gasteiger partial charge in [-0.3, -0.25) is 24.0 Å². The van der Waals surface area contributed by atoms with Gasteiger partial charge in [-0.25, -0.2) is 4.79 Å². The quantitative estimate of drug-likeness (QED) is 0.122. The molecule has 9 N–H and O–H groups in total. The van der Waals surface area contributed by atoms with E-state index in [9.17, 15) is 33.9 Å². The molecular weight excluding hydrogens is 454 g/mol. The third-order valence-electron chi connectivity index (χ3n) is 5.40. The normalized spacial score (nSPS) is 17.9. The lowest BCUT2D eigenvalue weighted by Crippen LogP contribution is -2.57. The number of unbranched alkanes of at least 4 members (excludes halogenated alkanes) is 1. The first-order chi connectivity index (χ1) is 16.0. The van der Waals surface area contributed by atoms with Crippen molar-refractivity contribution >= 4 is 35.6 Å². The van der Waals surface area contributed by atoms with E-state index in [2.05, 4.69) is 10.6 Å². The zero-order valence-corrected chi connectivity index (χ0v) is 18.8. The van der Waals surface area contributed by atoms with Crippen LogP contribution in [-0.4, -0.2) is 93.1 Å². The van der Waals surface area contributed by atoms with Crippen LogP contribution in [0.25, 0.3) is 0 Å². The van der Waals surface area contributed by atoms with Crippen LogP contribution in [-0.2, 0) is 28.8 Å². The van der Waals surface area contributed by atoms with Crippen molar-refractivity contribution in [2.75, 3.05) is 13.1 Å². The van der Waals surface area contributed by atoms with Crippen LogP contribution in [0.15, 0.2) is 0 Å². The van der Waals surface area contributed by atoms with E-state index in [0.29, 0.717) is 25.8 Å². The van der Waals surface area contributed by atoms with Gasteiger partial charge in [-0.1, -0.05) is 6.42 Å². The number of nitrogens with one attached hydrogen (secondary N) is 2. The molecule has 3 amide bonds. The molecule has 34 heavy (non-hydrogen) atoms. The minimum absolute atomic E-state index is 0.113. The van der Waals surface area contributed by atoms with Gasteiger partial charge in [-0.05, 0) is 38.6 Å². The van der Waals surface area contributed by atoms with Crippen LogP contribution in [0, 0.1) is 0 Å². The number of carbonyl (C=O) groups is 6. The fraction of sp³-hybridized carbons (Fsp3) is 0.700. The number of hydrogen-bond acceptors (Lipinski definition) is 8. The summed E-state index contributed by atoms with van der Waals surface area (Å²) in [4.78, 5) is 72.8. The monoisotopic (exact) mass is 487 g/mol. The van der Waals surface area contributed by atoms with E-state index < -0.39 is 72.6 Å². The van der Waals surface area contributed by atoms with E-state index in [1.165, 1.54) is 0 Å². The third kappa shape index (κ3) is 9.31. The highest BCUT2D eigenvalue weighted by Gasteiger charge is 2.38. The topological polar surface area (TPSA) is 242 Å². The number of hydrogen-bond donors (Lipinski definition) is 7. The smallest absolute Gasteiger partial charge is 0.326 e. The summed E-state index contributed by atoms with van der Waals surface area (Å²) in [5.41, 5.74) is 11.2. The fourth-order valence-electron chi connectivity index (χ4n) is 3.59. The van der Waals surface area contributed by atoms with Crippen LogP contribution in [0.5, 0.6) is 0 Å². The van der Waals surface area contributed by atoms with Gasteiger partial charge in [0.1, 0.15) is 18.1 Å². The highest BCUT2D eigenvalue weighted by atomic mass is 16.4. The fourth-order valence-corrected chi connectivity index (χ4v) is 3.59. The first-order valence-electron chi connectivity index (χ1n) is 11.0. The van der Waals surface area contributed by atoms with Crippen LogP contribution >= 0.6 is 0 Å². The molecule has 1 rings (SSSR count). The Hall–Kier alpha value is -3.26. The van der Waals surface area contributed by atoms with Gasteiger partial charge in [-0.2, -0.15) is 0 Å². The van der Waals surface area contributed by atoms with Crippen molar-refractivity contribution in [3.8, 4) is 0 Å². The van der Waals surface area contributed by atoms with E-state index in [-0.39, 0.29) is 25.8 Å². The molecule has 1 fully saturated rings. The van der Waals surface area contributed by atoms with E-state index >= 15 is 0 Å². The SMILES string of the molecule is NCCCCC(N)C(=O)NC(CC(=O)O)C(=O)NC(CCC(=O)O)C(=O)N1CCCC1C(=O)O. The molecule has 0 bridgehead atoms. The predicted molar refractivity (Wildman–Crippen MR) is 116 cm³/mol. The molecule has 1 saturated heterocycles. The van der Waals surface area contributed by atoms with Gasteiger partial charge in [0.05, 0.1) is 12.5 Å². The molecule has 14 nitrogen and oxygen atoms in total. The summed E-state index contributed by atoms with van der Waals surface area (Å²) in [5.74, 6) is -6.47. The number of nitrogens with zero attached hydrogens (tertiary/aromatic N) is 1. The summed E-state index contributed by atoms with van der Waals surface area (Å²) < 4.78 is 0. The van der Waals surface area contributed by atoms with Gasteiger partial charge in [0, 0.05) is 13.0 Å². The van der Waals surface area contributed by atoms with Crippen LogP contribution in [0.2, 0.25) is 0 Å². The van der Waals surface area contributed by atoms with E-state index in [1.54, 1.807) is 0 Å². The first-order valence-corrected chi connectivity index (χ1v) is 11.0. The standard InChI is InChI=1S/C20H33N5O9/c21-8-2-1-4-11(22)17(30)24-13(10-16(28)29)18(31)23-12(6-7-15(26)27)19(32)25-9-3-5-14(25)20(33)34/h11-14H,1-10,21-22H2,(H,23,31)(H,24,30)(H,26,27)(H,28,29)(H,33,34). The molecular formula is C20H33N5O9. The van der Waals surface area contributed by atoms with Gasteiger partial charge in [0.25, 0.3) is 0 Å². The molecule has 0 saturated carbocycles. The summed E-state index contributed by atoms with van der Waals surface area (Å²) in [5, 5.41) is 32.0. The molecule has 4 atom stereocenters. The number of aliphatic carboxylic acids is 3. The zero-order chi connectivity index (χ0) is 25.8. The Balaban J connectivity index is 2.97. The minimum atomic E-state index is -1.58. The largest absolute Gasteiger partial charge is 0.481 e. The second kappa shape index (κ2) is 14.1. The lowest BCUT2D eigenvalue weighted by atomic mass is 10.1. The number of amides is 3. The van der Waals surface area contributed by atoms with Crippen molar-refractivity contribution in [1.29, 1.82) is 0 Å². The summed E-state index contributed by atoms with van der Waals surface area (Å²) in [7, 11) is 0. The average Bonchev–Trinajstić information content (AvgIpc) is 3.25. The van der Waals surface area contributed by atoms with E-state index in [1.807, 2.05) is 0 Å². The maximum atomic E-state index is 13.0. The van der Waals surface area contributed by atoms with Crippen LogP contribution in [0.4, 0.5) is 0 Å². The molecule has 1 aliphatic heterocycles. The molecule has 0 aliphatic carbocycles. The van der Waals surface area contributed by atoms with Crippen LogP contribution < -0.4 is 22.1 Å². The second-order valence-corrected chi connectivity index (χ2v) is 8.07. The van der Waals surface area contributed by atoms with Crippen molar-refractivity contribution < 1.29 is 44.1 Å². The molecule has 0 aromatic heterocycles. The lowest BCUT2D eigenvalue weighted by Gasteiger charge is -2.28. The number of carbonyl (C=O) groups excluding carboxylic acids is 3. The number of carboxylic acids is 3. The molecule has 0 radical (unpaired) electrons. The Morgan fingerprint density at radius 2 is 1.56 bits per heavy atom. The van der Waals surface area contributed by atoms with Crippen LogP contribution in [0.1, 0.15) is 51.4 Å². The molecule has 0 aromatic carbocycles. The lowest BCUT2D eigenvalue weighted by molar-refractivity contribution is -0.150. The highest BCUT2D eigenvalue weighted by molar-refractivity contribution is 5.96. The van der Waals surface area contributed by atoms with Gasteiger partial charge in [0.15, 0.2) is 0 Å². The van der Waals surface area contributed by atoms with Gasteiger partial charge in [-0.15, -0.1) is 0 Å². The number of carboxylic acid groups (broad SMARTS) is 3. The number of nitrogens with two attached hydrogens (primary N) is 2. The maximum Gasteiger partial charge on any atom is 0.326 e. The highest BCUT2D eigenvalue weighted by Crippen LogP contribution is 2.19. The van der Waals surface area contributed by atoms with Crippen LogP contribution in [0.3, 0.4) is 0 Å². The number of rotatable bonds is 15. The van der Waals surface area contributed by atoms with Crippen molar-refractivity contribution in [2.24, 2.45) is 11.5 Å².